The van der Waals surface area contributed by atoms with E-state index in [-0.39, 0.29) is 16.3 Å². The van der Waals surface area contributed by atoms with E-state index in [1.54, 1.807) is 6.92 Å². The summed E-state index contributed by atoms with van der Waals surface area (Å²) in [5.41, 5.74) is 0. The lowest BCUT2D eigenvalue weighted by Gasteiger charge is -2.08. The van der Waals surface area contributed by atoms with Crippen LogP contribution < -0.4 is 0 Å². The Kier molecular flexibility index (Phi) is 6.68. The Hall–Kier alpha value is -0.510. The number of ether oxygens (including phenoxy) is 1. The molecule has 13 heavy (non-hydrogen) atoms. The van der Waals surface area contributed by atoms with Gasteiger partial charge in [-0.15, -0.1) is 0 Å². The van der Waals surface area contributed by atoms with E-state index < -0.39 is 0 Å². The predicted octanol–water partition coefficient (Wildman–Crippen LogP) is 2.00. The molecule has 0 radical (unpaired) electrons. The first-order valence-electron chi connectivity index (χ1n) is 4.41. The number of hydrogen-bond donors (Lipinski definition) is 0. The largest absolute Gasteiger partial charge is 0.465 e. The number of carbonyl (C=O) groups is 2. The second-order valence-electron chi connectivity index (χ2n) is 2.77. The van der Waals surface area contributed by atoms with Crippen molar-refractivity contribution in [1.29, 1.82) is 0 Å². The Bertz CT molecular complexity index is 180. The summed E-state index contributed by atoms with van der Waals surface area (Å²) >= 11 is 1.01. The Morgan fingerprint density at radius 3 is 2.54 bits per heavy atom. The summed E-state index contributed by atoms with van der Waals surface area (Å²) in [4.78, 5) is 21.8. The molecule has 1 unspecified atom stereocenters. The molecule has 0 bridgehead atoms. The minimum Gasteiger partial charge on any atom is -0.465 e. The maximum Gasteiger partial charge on any atom is 0.319 e. The van der Waals surface area contributed by atoms with E-state index in [4.69, 9.17) is 4.74 Å². The van der Waals surface area contributed by atoms with Gasteiger partial charge in [0.1, 0.15) is 5.25 Å². The number of esters is 1. The van der Waals surface area contributed by atoms with E-state index >= 15 is 0 Å². The van der Waals surface area contributed by atoms with Gasteiger partial charge in [-0.3, -0.25) is 9.59 Å². The van der Waals surface area contributed by atoms with Crippen LogP contribution in [0.5, 0.6) is 0 Å². The van der Waals surface area contributed by atoms with Crippen molar-refractivity contribution in [3.8, 4) is 0 Å². The van der Waals surface area contributed by atoms with Gasteiger partial charge < -0.3 is 4.74 Å². The molecule has 3 nitrogen and oxygen atoms in total. The van der Waals surface area contributed by atoms with E-state index in [0.29, 0.717) is 6.61 Å². The molecule has 0 amide bonds. The zero-order valence-corrected chi connectivity index (χ0v) is 9.15. The third-order valence-corrected chi connectivity index (χ3v) is 2.29. The summed E-state index contributed by atoms with van der Waals surface area (Å²) in [6.45, 7) is 5.61. The summed E-state index contributed by atoms with van der Waals surface area (Å²) in [7, 11) is 0. The van der Waals surface area contributed by atoms with Gasteiger partial charge in [0.25, 0.3) is 0 Å². The van der Waals surface area contributed by atoms with Crippen molar-refractivity contribution in [3.05, 3.63) is 0 Å². The van der Waals surface area contributed by atoms with Crippen molar-refractivity contribution in [2.75, 3.05) is 6.61 Å². The smallest absolute Gasteiger partial charge is 0.319 e. The molecule has 0 aliphatic rings. The first-order valence-corrected chi connectivity index (χ1v) is 5.29. The lowest BCUT2D eigenvalue weighted by atomic mass is 10.4. The number of carbonyl (C=O) groups excluding carboxylic acids is 2. The van der Waals surface area contributed by atoms with Gasteiger partial charge in [0.15, 0.2) is 5.12 Å². The monoisotopic (exact) mass is 204 g/mol. The Labute approximate surface area is 83.2 Å². The molecule has 0 rings (SSSR count). The maximum atomic E-state index is 11.2. The zero-order chi connectivity index (χ0) is 10.3. The van der Waals surface area contributed by atoms with Crippen molar-refractivity contribution in [3.63, 3.8) is 0 Å². The zero-order valence-electron chi connectivity index (χ0n) is 8.33. The molecule has 0 saturated heterocycles. The molecule has 0 spiro atoms. The summed E-state index contributed by atoms with van der Waals surface area (Å²) in [5, 5.41) is -0.436. The van der Waals surface area contributed by atoms with Crippen LogP contribution in [-0.2, 0) is 14.3 Å². The average Bonchev–Trinajstić information content (AvgIpc) is 2.03. The predicted molar refractivity (Wildman–Crippen MR) is 53.6 cm³/mol. The van der Waals surface area contributed by atoms with Gasteiger partial charge in [-0.05, 0) is 13.3 Å². The van der Waals surface area contributed by atoms with E-state index in [0.717, 1.165) is 24.6 Å². The van der Waals surface area contributed by atoms with Gasteiger partial charge in [0.2, 0.25) is 0 Å². The first-order chi connectivity index (χ1) is 6.07. The molecule has 76 valence electrons. The maximum absolute atomic E-state index is 11.2. The molecule has 0 saturated carbocycles. The van der Waals surface area contributed by atoms with E-state index in [1.807, 2.05) is 6.92 Å². The summed E-state index contributed by atoms with van der Waals surface area (Å²) in [6.07, 6.45) is 1.88. The van der Waals surface area contributed by atoms with Crippen LogP contribution in [0.25, 0.3) is 0 Å². The quantitative estimate of drug-likeness (QED) is 0.507. The Morgan fingerprint density at radius 1 is 1.46 bits per heavy atom. The Balaban J connectivity index is 3.63. The van der Waals surface area contributed by atoms with Gasteiger partial charge in [0.05, 0.1) is 6.61 Å². The second kappa shape index (κ2) is 6.95. The third kappa shape index (κ3) is 6.63. The van der Waals surface area contributed by atoms with Crippen molar-refractivity contribution >= 4 is 22.8 Å². The first kappa shape index (κ1) is 12.5. The van der Waals surface area contributed by atoms with Gasteiger partial charge in [-0.1, -0.05) is 25.1 Å². The van der Waals surface area contributed by atoms with Crippen molar-refractivity contribution in [2.24, 2.45) is 0 Å². The van der Waals surface area contributed by atoms with Crippen molar-refractivity contribution in [2.45, 2.75) is 38.9 Å². The van der Waals surface area contributed by atoms with Crippen LogP contribution in [0.3, 0.4) is 0 Å². The van der Waals surface area contributed by atoms with Crippen LogP contribution in [0, 0.1) is 0 Å². The molecular weight excluding hydrogens is 188 g/mol. The standard InChI is InChI=1S/C9H16O3S/c1-4-5-6-12-9(11)7(2)13-8(3)10/h7H,4-6H2,1-3H3. The van der Waals surface area contributed by atoms with Crippen LogP contribution >= 0.6 is 11.8 Å². The van der Waals surface area contributed by atoms with Gasteiger partial charge >= 0.3 is 5.97 Å². The molecule has 0 heterocycles. The average molecular weight is 204 g/mol. The highest BCUT2D eigenvalue weighted by molar-refractivity contribution is 8.14. The highest BCUT2D eigenvalue weighted by Crippen LogP contribution is 2.12. The second-order valence-corrected chi connectivity index (χ2v) is 4.29. The summed E-state index contributed by atoms with van der Waals surface area (Å²) < 4.78 is 4.93. The number of hydrogen-bond acceptors (Lipinski definition) is 4. The molecule has 0 aliphatic heterocycles. The molecule has 0 aromatic heterocycles. The molecular formula is C9H16O3S. The topological polar surface area (TPSA) is 43.4 Å². The van der Waals surface area contributed by atoms with E-state index in [9.17, 15) is 9.59 Å². The van der Waals surface area contributed by atoms with Crippen LogP contribution in [0.4, 0.5) is 0 Å². The molecule has 4 heteroatoms. The molecule has 0 aromatic rings. The van der Waals surface area contributed by atoms with Crippen LogP contribution in [0.15, 0.2) is 0 Å². The summed E-state index contributed by atoms with van der Waals surface area (Å²) in [5.74, 6) is -0.298. The number of unbranched alkanes of at least 4 members (excludes halogenated alkanes) is 1. The van der Waals surface area contributed by atoms with Gasteiger partial charge in [-0.2, -0.15) is 0 Å². The summed E-state index contributed by atoms with van der Waals surface area (Å²) in [6, 6.07) is 0. The minimum absolute atomic E-state index is 0.0556. The fourth-order valence-electron chi connectivity index (χ4n) is 0.732. The molecule has 0 N–H and O–H groups in total. The number of rotatable bonds is 5. The van der Waals surface area contributed by atoms with Gasteiger partial charge in [-0.25, -0.2) is 0 Å². The van der Waals surface area contributed by atoms with Crippen LogP contribution in [-0.4, -0.2) is 22.9 Å². The van der Waals surface area contributed by atoms with E-state index in [1.165, 1.54) is 6.92 Å². The van der Waals surface area contributed by atoms with Crippen LogP contribution in [0.2, 0.25) is 0 Å². The molecule has 0 aliphatic carbocycles. The third-order valence-electron chi connectivity index (χ3n) is 1.42. The van der Waals surface area contributed by atoms with E-state index in [2.05, 4.69) is 0 Å². The van der Waals surface area contributed by atoms with Crippen molar-refractivity contribution < 1.29 is 14.3 Å². The van der Waals surface area contributed by atoms with Crippen LogP contribution in [0.1, 0.15) is 33.6 Å². The van der Waals surface area contributed by atoms with Crippen molar-refractivity contribution in [1.82, 2.24) is 0 Å². The molecule has 0 aromatic carbocycles. The SMILES string of the molecule is CCCCOC(=O)C(C)SC(C)=O. The highest BCUT2D eigenvalue weighted by atomic mass is 32.2. The number of thioether (sulfide) groups is 1. The molecule has 1 atom stereocenters. The lowest BCUT2D eigenvalue weighted by Crippen LogP contribution is -2.18. The highest BCUT2D eigenvalue weighted by Gasteiger charge is 2.16. The molecule has 0 fully saturated rings. The lowest BCUT2D eigenvalue weighted by molar-refractivity contribution is -0.142. The Morgan fingerprint density at radius 2 is 2.08 bits per heavy atom. The fourth-order valence-corrected chi connectivity index (χ4v) is 1.39. The fraction of sp³-hybridized carbons (Fsp3) is 0.778. The minimum atomic E-state index is -0.380. The van der Waals surface area contributed by atoms with Gasteiger partial charge in [0, 0.05) is 6.92 Å². The normalized spacial score (nSPS) is 12.2.